The van der Waals surface area contributed by atoms with E-state index < -0.39 is 26.6 Å². The molecule has 0 aromatic heterocycles. The molecular weight excluding hydrogens is 892 g/mol. The number of phosphoric acid groups is 1. The zero-order valence-electron chi connectivity index (χ0n) is 45.7. The number of nitrogens with zero attached hydrogens (tertiary/aromatic N) is 1. The van der Waals surface area contributed by atoms with Crippen molar-refractivity contribution < 1.29 is 37.3 Å². The summed E-state index contributed by atoms with van der Waals surface area (Å²) >= 11 is 0. The van der Waals surface area contributed by atoms with E-state index in [-0.39, 0.29) is 31.3 Å². The Morgan fingerprint density at radius 1 is 0.529 bits per heavy atom. The third-order valence-corrected chi connectivity index (χ3v) is 12.7. The number of carbonyl (C=O) groups excluding carboxylic acids is 2. The highest BCUT2D eigenvalue weighted by molar-refractivity contribution is 7.45. The van der Waals surface area contributed by atoms with Crippen molar-refractivity contribution in [2.24, 2.45) is 0 Å². The lowest BCUT2D eigenvalue weighted by atomic mass is 10.1. The molecule has 70 heavy (non-hydrogen) atoms. The van der Waals surface area contributed by atoms with Crippen molar-refractivity contribution >= 4 is 19.7 Å². The zero-order valence-corrected chi connectivity index (χ0v) is 46.6. The highest BCUT2D eigenvalue weighted by atomic mass is 31.2. The van der Waals surface area contributed by atoms with Crippen LogP contribution < -0.4 is 10.2 Å². The number of allylic oxidation sites excluding steroid dienone is 15. The molecule has 0 rings (SSSR count). The van der Waals surface area contributed by atoms with E-state index in [0.717, 1.165) is 103 Å². The van der Waals surface area contributed by atoms with Gasteiger partial charge in [0.25, 0.3) is 7.82 Å². The molecule has 0 heterocycles. The lowest BCUT2D eigenvalue weighted by Gasteiger charge is -2.30. The molecule has 0 aliphatic carbocycles. The fraction of sp³-hybridized carbons (Fsp3) is 0.700. The van der Waals surface area contributed by atoms with Gasteiger partial charge in [-0.2, -0.15) is 0 Å². The zero-order chi connectivity index (χ0) is 51.5. The second-order valence-corrected chi connectivity index (χ2v) is 21.1. The van der Waals surface area contributed by atoms with Gasteiger partial charge in [0.2, 0.25) is 5.91 Å². The smallest absolute Gasteiger partial charge is 0.306 e. The number of quaternary nitrogens is 1. The number of nitrogens with one attached hydrogen (secondary N) is 1. The van der Waals surface area contributed by atoms with E-state index in [1.54, 1.807) is 6.08 Å². The van der Waals surface area contributed by atoms with E-state index in [0.29, 0.717) is 23.9 Å². The van der Waals surface area contributed by atoms with Crippen LogP contribution in [-0.2, 0) is 27.9 Å². The lowest BCUT2D eigenvalue weighted by Crippen LogP contribution is -2.47. The Balaban J connectivity index is 5.50. The van der Waals surface area contributed by atoms with Crippen LogP contribution in [0, 0.1) is 0 Å². The molecule has 402 valence electrons. The summed E-state index contributed by atoms with van der Waals surface area (Å²) in [5.74, 6) is -0.630. The first-order valence-corrected chi connectivity index (χ1v) is 29.5. The van der Waals surface area contributed by atoms with Crippen LogP contribution in [0.25, 0.3) is 0 Å². The summed E-state index contributed by atoms with van der Waals surface area (Å²) in [6, 6.07) is -0.927. The van der Waals surface area contributed by atoms with Crippen LogP contribution in [0.4, 0.5) is 0 Å². The minimum atomic E-state index is -4.72. The molecule has 0 aromatic carbocycles. The fourth-order valence-corrected chi connectivity index (χ4v) is 8.15. The van der Waals surface area contributed by atoms with E-state index in [2.05, 4.69) is 111 Å². The minimum Gasteiger partial charge on any atom is -0.756 e. The molecule has 0 bridgehead atoms. The average Bonchev–Trinajstić information content (AvgIpc) is 3.32. The summed E-state index contributed by atoms with van der Waals surface area (Å²) in [6.07, 6.45) is 65.2. The van der Waals surface area contributed by atoms with Crippen molar-refractivity contribution in [2.45, 2.75) is 232 Å². The average molecular weight is 997 g/mol. The number of esters is 1. The fourth-order valence-electron chi connectivity index (χ4n) is 7.43. The first kappa shape index (κ1) is 66.9. The van der Waals surface area contributed by atoms with Crippen LogP contribution in [0.5, 0.6) is 0 Å². The van der Waals surface area contributed by atoms with Gasteiger partial charge in [0.15, 0.2) is 0 Å². The van der Waals surface area contributed by atoms with Crippen molar-refractivity contribution in [3.63, 3.8) is 0 Å². The molecule has 1 N–H and O–H groups in total. The van der Waals surface area contributed by atoms with E-state index in [4.69, 9.17) is 13.8 Å². The monoisotopic (exact) mass is 997 g/mol. The minimum absolute atomic E-state index is 0.0395. The normalized spacial score (nSPS) is 14.6. The van der Waals surface area contributed by atoms with Gasteiger partial charge >= 0.3 is 5.97 Å². The summed E-state index contributed by atoms with van der Waals surface area (Å²) < 4.78 is 30.1. The predicted molar refractivity (Wildman–Crippen MR) is 297 cm³/mol. The molecule has 9 nitrogen and oxygen atoms in total. The van der Waals surface area contributed by atoms with E-state index >= 15 is 0 Å². The molecule has 3 unspecified atom stereocenters. The third-order valence-electron chi connectivity index (χ3n) is 11.8. The molecule has 10 heteroatoms. The van der Waals surface area contributed by atoms with Gasteiger partial charge in [-0.15, -0.1) is 0 Å². The Morgan fingerprint density at radius 3 is 1.50 bits per heavy atom. The van der Waals surface area contributed by atoms with Crippen molar-refractivity contribution in [3.05, 3.63) is 97.2 Å². The van der Waals surface area contributed by atoms with Crippen molar-refractivity contribution in [3.8, 4) is 0 Å². The topological polar surface area (TPSA) is 114 Å². The largest absolute Gasteiger partial charge is 0.756 e. The first-order valence-electron chi connectivity index (χ1n) is 28.1. The number of rotatable bonds is 49. The van der Waals surface area contributed by atoms with Gasteiger partial charge in [0.1, 0.15) is 19.3 Å². The second-order valence-electron chi connectivity index (χ2n) is 19.7. The molecule has 0 fully saturated rings. The Morgan fingerprint density at radius 2 is 0.971 bits per heavy atom. The maximum atomic E-state index is 13.4. The van der Waals surface area contributed by atoms with Crippen LogP contribution in [0.15, 0.2) is 97.2 Å². The molecule has 0 aliphatic heterocycles. The SMILES string of the molecule is CC/C=C\C/C=C\C/C=C\C/C=C\C/C=C\CCCC(=O)NC(COP(=O)([O-])OCC[N+](C)(C)C)C(/C=C/CCCCCCCCCCCC)OC(=O)CCCCCCCC/C=C/C=C/CCCCC. The van der Waals surface area contributed by atoms with Crippen LogP contribution in [0.3, 0.4) is 0 Å². The Bertz CT molecular complexity index is 1520. The number of amides is 1. The van der Waals surface area contributed by atoms with E-state index in [1.165, 1.54) is 70.6 Å². The number of unbranched alkanes of at least 4 members (excludes halogenated alkanes) is 20. The standard InChI is InChI=1S/C60H105N2O7P/c1-7-10-13-16-19-22-25-28-30-31-33-34-37-40-43-46-49-52-59(63)61-57(56-68-70(65,66)67-55-54-62(4,5)6)58(51-48-45-42-39-36-27-24-21-18-15-12-9-3)69-60(64)53-50-47-44-41-38-35-32-29-26-23-20-17-14-11-8-2/h10,13,19-20,22-23,26,28-30,33-34,40,43,48,51,57-58H,7-9,11-12,14-18,21,24-25,27,31-32,35-39,41-42,44-47,49-50,52-56H2,1-6H3,(H-,61,63,65,66)/b13-10-,22-19-,23-20+,29-26+,30-28-,34-33-,43-40-,51-48+. The summed E-state index contributed by atoms with van der Waals surface area (Å²) in [4.78, 5) is 39.8. The lowest BCUT2D eigenvalue weighted by molar-refractivity contribution is -0.870. The van der Waals surface area contributed by atoms with E-state index in [9.17, 15) is 19.0 Å². The van der Waals surface area contributed by atoms with Crippen LogP contribution >= 0.6 is 7.82 Å². The number of ether oxygens (including phenoxy) is 1. The van der Waals surface area contributed by atoms with Crippen LogP contribution in [0.2, 0.25) is 0 Å². The molecule has 1 amide bonds. The molecule has 0 saturated carbocycles. The second kappa shape index (κ2) is 49.5. The van der Waals surface area contributed by atoms with Crippen molar-refractivity contribution in [1.82, 2.24) is 5.32 Å². The molecule has 0 saturated heterocycles. The molecule has 0 spiro atoms. The van der Waals surface area contributed by atoms with Crippen molar-refractivity contribution in [2.75, 3.05) is 40.9 Å². The third kappa shape index (κ3) is 49.9. The van der Waals surface area contributed by atoms with Gasteiger partial charge in [-0.25, -0.2) is 0 Å². The number of hydrogen-bond donors (Lipinski definition) is 1. The molecule has 0 aliphatic rings. The quantitative estimate of drug-likeness (QED) is 0.0161. The summed E-state index contributed by atoms with van der Waals surface area (Å²) in [5, 5.41) is 2.98. The first-order chi connectivity index (χ1) is 33.9. The number of likely N-dealkylation sites (N-methyl/N-ethyl adjacent to an activating group) is 1. The van der Waals surface area contributed by atoms with Gasteiger partial charge in [-0.1, -0.05) is 208 Å². The Hall–Kier alpha value is -3.07. The molecule has 0 radical (unpaired) electrons. The van der Waals surface area contributed by atoms with Gasteiger partial charge in [0, 0.05) is 12.8 Å². The highest BCUT2D eigenvalue weighted by Crippen LogP contribution is 2.38. The van der Waals surface area contributed by atoms with Gasteiger partial charge < -0.3 is 28.5 Å². The predicted octanol–water partition coefficient (Wildman–Crippen LogP) is 16.2. The number of hydrogen-bond acceptors (Lipinski definition) is 7. The Labute approximate surface area is 430 Å². The maximum absolute atomic E-state index is 13.4. The van der Waals surface area contributed by atoms with Crippen molar-refractivity contribution in [1.29, 1.82) is 0 Å². The summed E-state index contributed by atoms with van der Waals surface area (Å²) in [5.41, 5.74) is 0. The maximum Gasteiger partial charge on any atom is 0.306 e. The molecule has 3 atom stereocenters. The van der Waals surface area contributed by atoms with Gasteiger partial charge in [-0.3, -0.25) is 14.2 Å². The van der Waals surface area contributed by atoms with E-state index in [1.807, 2.05) is 27.2 Å². The number of carbonyl (C=O) groups is 2. The Kier molecular flexibility index (Phi) is 47.3. The highest BCUT2D eigenvalue weighted by Gasteiger charge is 2.27. The van der Waals surface area contributed by atoms with Gasteiger partial charge in [-0.05, 0) is 96.0 Å². The number of phosphoric ester groups is 1. The molecule has 0 aromatic rings. The van der Waals surface area contributed by atoms with Crippen LogP contribution in [0.1, 0.15) is 220 Å². The van der Waals surface area contributed by atoms with Gasteiger partial charge in [0.05, 0.1) is 33.8 Å². The molecular formula is C60H105N2O7P. The summed E-state index contributed by atoms with van der Waals surface area (Å²) in [7, 11) is 1.13. The summed E-state index contributed by atoms with van der Waals surface area (Å²) in [6.45, 7) is 6.62. The van der Waals surface area contributed by atoms with Crippen LogP contribution in [-0.4, -0.2) is 69.4 Å².